The smallest absolute Gasteiger partial charge is 0.273 e. The zero-order valence-electron chi connectivity index (χ0n) is 18.8. The van der Waals surface area contributed by atoms with Gasteiger partial charge in [-0.3, -0.25) is 20.4 Å². The molecule has 0 radical (unpaired) electrons. The van der Waals surface area contributed by atoms with Crippen LogP contribution in [-0.4, -0.2) is 17.0 Å². The SMILES string of the molecule is Cc1noc(C)c1COc1ccccc1C(=O)NNC(=O)CC12CC3CC(CC(C3)C1)C2. The number of para-hydroxylation sites is 1. The number of aryl methyl sites for hydroxylation is 2. The van der Waals surface area contributed by atoms with Crippen molar-refractivity contribution in [3.05, 3.63) is 46.8 Å². The van der Waals surface area contributed by atoms with E-state index < -0.39 is 5.91 Å². The Kier molecular flexibility index (Phi) is 5.43. The Hall–Kier alpha value is -2.83. The van der Waals surface area contributed by atoms with Gasteiger partial charge in [0.15, 0.2) is 0 Å². The highest BCUT2D eigenvalue weighted by Gasteiger charge is 2.51. The highest BCUT2D eigenvalue weighted by Crippen LogP contribution is 2.61. The van der Waals surface area contributed by atoms with Gasteiger partial charge in [0.05, 0.1) is 16.8 Å². The molecule has 0 unspecified atom stereocenters. The molecule has 170 valence electrons. The van der Waals surface area contributed by atoms with Gasteiger partial charge in [0.25, 0.3) is 5.91 Å². The molecule has 7 nitrogen and oxygen atoms in total. The van der Waals surface area contributed by atoms with Gasteiger partial charge in [0, 0.05) is 6.42 Å². The van der Waals surface area contributed by atoms with Crippen LogP contribution >= 0.6 is 0 Å². The zero-order chi connectivity index (χ0) is 22.3. The van der Waals surface area contributed by atoms with E-state index >= 15 is 0 Å². The van der Waals surface area contributed by atoms with E-state index in [4.69, 9.17) is 9.26 Å². The summed E-state index contributed by atoms with van der Waals surface area (Å²) in [6.07, 6.45) is 8.05. The minimum atomic E-state index is -0.391. The first-order valence-electron chi connectivity index (χ1n) is 11.6. The van der Waals surface area contributed by atoms with Crippen LogP contribution in [0.4, 0.5) is 0 Å². The van der Waals surface area contributed by atoms with Gasteiger partial charge in [0.2, 0.25) is 5.91 Å². The van der Waals surface area contributed by atoms with E-state index in [2.05, 4.69) is 16.0 Å². The van der Waals surface area contributed by atoms with Gasteiger partial charge < -0.3 is 9.26 Å². The Bertz CT molecular complexity index is 973. The maximum Gasteiger partial charge on any atom is 0.273 e. The van der Waals surface area contributed by atoms with E-state index in [1.54, 1.807) is 18.2 Å². The number of carbonyl (C=O) groups is 2. The number of carbonyl (C=O) groups excluding carboxylic acids is 2. The summed E-state index contributed by atoms with van der Waals surface area (Å²) in [5, 5.41) is 3.93. The second-order valence-corrected chi connectivity index (χ2v) is 10.2. The van der Waals surface area contributed by atoms with Gasteiger partial charge in [-0.1, -0.05) is 17.3 Å². The lowest BCUT2D eigenvalue weighted by molar-refractivity contribution is -0.130. The van der Waals surface area contributed by atoms with Crippen molar-refractivity contribution >= 4 is 11.8 Å². The van der Waals surface area contributed by atoms with Gasteiger partial charge in [-0.2, -0.15) is 0 Å². The van der Waals surface area contributed by atoms with Crippen molar-refractivity contribution in [2.24, 2.45) is 23.2 Å². The van der Waals surface area contributed by atoms with Crippen molar-refractivity contribution in [3.8, 4) is 5.75 Å². The van der Waals surface area contributed by atoms with E-state index in [-0.39, 0.29) is 17.9 Å². The number of hydrogen-bond donors (Lipinski definition) is 2. The second kappa shape index (κ2) is 8.26. The van der Waals surface area contributed by atoms with Crippen molar-refractivity contribution in [1.29, 1.82) is 0 Å². The summed E-state index contributed by atoms with van der Waals surface area (Å²) in [6, 6.07) is 7.01. The second-order valence-electron chi connectivity index (χ2n) is 10.2. The van der Waals surface area contributed by atoms with Crippen molar-refractivity contribution in [1.82, 2.24) is 16.0 Å². The molecule has 4 fully saturated rings. The van der Waals surface area contributed by atoms with Crippen molar-refractivity contribution in [2.75, 3.05) is 0 Å². The molecule has 32 heavy (non-hydrogen) atoms. The molecule has 4 saturated carbocycles. The van der Waals surface area contributed by atoms with Gasteiger partial charge in [-0.25, -0.2) is 0 Å². The van der Waals surface area contributed by atoms with Crippen LogP contribution in [0.2, 0.25) is 0 Å². The largest absolute Gasteiger partial charge is 0.488 e. The number of nitrogens with one attached hydrogen (secondary N) is 2. The molecular formula is C25H31N3O4. The molecule has 4 bridgehead atoms. The fourth-order valence-corrected chi connectivity index (χ4v) is 6.72. The van der Waals surface area contributed by atoms with Gasteiger partial charge >= 0.3 is 0 Å². The number of nitrogens with zero attached hydrogens (tertiary/aromatic N) is 1. The molecule has 2 amide bonds. The number of hydrazine groups is 1. The molecule has 4 aliphatic carbocycles. The Labute approximate surface area is 188 Å². The average molecular weight is 438 g/mol. The lowest BCUT2D eigenvalue weighted by Crippen LogP contribution is -2.50. The normalized spacial score (nSPS) is 27.9. The van der Waals surface area contributed by atoms with Crippen molar-refractivity contribution in [3.63, 3.8) is 0 Å². The van der Waals surface area contributed by atoms with Crippen molar-refractivity contribution in [2.45, 2.75) is 65.4 Å². The minimum absolute atomic E-state index is 0.102. The molecule has 0 spiro atoms. The van der Waals surface area contributed by atoms with E-state index in [0.29, 0.717) is 23.5 Å². The standard InChI is InChI=1S/C25H31N3O4/c1-15-21(16(2)32-28-15)14-31-22-6-4-3-5-20(22)24(30)27-26-23(29)13-25-10-17-7-18(11-25)9-19(8-17)12-25/h3-6,17-19H,7-14H2,1-2H3,(H,26,29)(H,27,30). The Balaban J connectivity index is 1.18. The molecule has 4 aliphatic rings. The van der Waals surface area contributed by atoms with Gasteiger partial charge in [0.1, 0.15) is 18.1 Å². The molecule has 1 heterocycles. The maximum atomic E-state index is 12.8. The molecule has 0 saturated heterocycles. The molecule has 1 aromatic heterocycles. The van der Waals surface area contributed by atoms with Crippen LogP contribution in [0.3, 0.4) is 0 Å². The minimum Gasteiger partial charge on any atom is -0.488 e. The van der Waals surface area contributed by atoms with Crippen LogP contribution < -0.4 is 15.6 Å². The van der Waals surface area contributed by atoms with Crippen LogP contribution in [0, 0.1) is 37.0 Å². The summed E-state index contributed by atoms with van der Waals surface area (Å²) >= 11 is 0. The predicted molar refractivity (Wildman–Crippen MR) is 118 cm³/mol. The summed E-state index contributed by atoms with van der Waals surface area (Å²) < 4.78 is 11.1. The fraction of sp³-hybridized carbons (Fsp3) is 0.560. The third-order valence-electron chi connectivity index (χ3n) is 7.70. The molecule has 0 atom stereocenters. The number of amides is 2. The number of aromatic nitrogens is 1. The lowest BCUT2D eigenvalue weighted by atomic mass is 9.49. The summed E-state index contributed by atoms with van der Waals surface area (Å²) in [5.74, 6) is 3.04. The topological polar surface area (TPSA) is 93.5 Å². The Morgan fingerprint density at radius 1 is 1.06 bits per heavy atom. The highest BCUT2D eigenvalue weighted by atomic mass is 16.5. The van der Waals surface area contributed by atoms with Crippen LogP contribution in [0.1, 0.15) is 72.3 Å². The Morgan fingerprint density at radius 2 is 1.72 bits per heavy atom. The molecule has 1 aromatic carbocycles. The van der Waals surface area contributed by atoms with Gasteiger partial charge in [-0.15, -0.1) is 0 Å². The summed E-state index contributed by atoms with van der Waals surface area (Å²) in [7, 11) is 0. The van der Waals surface area contributed by atoms with Crippen LogP contribution in [-0.2, 0) is 11.4 Å². The molecular weight excluding hydrogens is 406 g/mol. The van der Waals surface area contributed by atoms with E-state index in [0.717, 1.165) is 29.0 Å². The number of ether oxygens (including phenoxy) is 1. The lowest BCUT2D eigenvalue weighted by Gasteiger charge is -2.56. The average Bonchev–Trinajstić information content (AvgIpc) is 3.06. The van der Waals surface area contributed by atoms with E-state index in [1.165, 1.54) is 38.5 Å². The first-order valence-corrected chi connectivity index (χ1v) is 11.6. The van der Waals surface area contributed by atoms with Gasteiger partial charge in [-0.05, 0) is 87.7 Å². The fourth-order valence-electron chi connectivity index (χ4n) is 6.72. The summed E-state index contributed by atoms with van der Waals surface area (Å²) in [4.78, 5) is 25.5. The summed E-state index contributed by atoms with van der Waals surface area (Å²) in [6.45, 7) is 3.94. The van der Waals surface area contributed by atoms with Crippen LogP contribution in [0.15, 0.2) is 28.8 Å². The monoisotopic (exact) mass is 437 g/mol. The zero-order valence-corrected chi connectivity index (χ0v) is 18.8. The number of hydrogen-bond acceptors (Lipinski definition) is 5. The first-order chi connectivity index (χ1) is 15.4. The predicted octanol–water partition coefficient (Wildman–Crippen LogP) is 4.24. The molecule has 7 heteroatoms. The third-order valence-corrected chi connectivity index (χ3v) is 7.70. The Morgan fingerprint density at radius 3 is 2.34 bits per heavy atom. The first kappa shape index (κ1) is 21.0. The van der Waals surface area contributed by atoms with Crippen LogP contribution in [0.25, 0.3) is 0 Å². The number of benzene rings is 1. The molecule has 0 aliphatic heterocycles. The molecule has 2 N–H and O–H groups in total. The highest BCUT2D eigenvalue weighted by molar-refractivity contribution is 5.97. The third kappa shape index (κ3) is 4.12. The maximum absolute atomic E-state index is 12.8. The quantitative estimate of drug-likeness (QED) is 0.660. The van der Waals surface area contributed by atoms with Crippen molar-refractivity contribution < 1.29 is 18.8 Å². The molecule has 2 aromatic rings. The van der Waals surface area contributed by atoms with Crippen LogP contribution in [0.5, 0.6) is 5.75 Å². The van der Waals surface area contributed by atoms with E-state index in [9.17, 15) is 9.59 Å². The van der Waals surface area contributed by atoms with E-state index in [1.807, 2.05) is 19.9 Å². The molecule has 6 rings (SSSR count). The summed E-state index contributed by atoms with van der Waals surface area (Å²) in [5.41, 5.74) is 7.38. The number of rotatable bonds is 6.